The van der Waals surface area contributed by atoms with E-state index in [-0.39, 0.29) is 11.8 Å². The minimum atomic E-state index is -0.00479. The van der Waals surface area contributed by atoms with Crippen molar-refractivity contribution in [3.05, 3.63) is 28.7 Å². The first-order chi connectivity index (χ1) is 9.16. The number of ether oxygens (including phenoxy) is 1. The topological polar surface area (TPSA) is 74.2 Å². The molecular formula is C13H17N3O3. The molecule has 102 valence electrons. The van der Waals surface area contributed by atoms with Crippen molar-refractivity contribution in [3.63, 3.8) is 0 Å². The van der Waals surface area contributed by atoms with Gasteiger partial charge in [0.2, 0.25) is 5.89 Å². The molecule has 0 spiro atoms. The quantitative estimate of drug-likeness (QED) is 0.846. The van der Waals surface area contributed by atoms with E-state index in [0.29, 0.717) is 12.5 Å². The van der Waals surface area contributed by atoms with Gasteiger partial charge >= 0.3 is 0 Å². The van der Waals surface area contributed by atoms with E-state index in [9.17, 15) is 0 Å². The van der Waals surface area contributed by atoms with Gasteiger partial charge in [-0.2, -0.15) is 4.98 Å². The van der Waals surface area contributed by atoms with Crippen molar-refractivity contribution in [1.82, 2.24) is 15.3 Å². The Morgan fingerprint density at radius 1 is 1.21 bits per heavy atom. The summed E-state index contributed by atoms with van der Waals surface area (Å²) in [6.45, 7) is 7.29. The number of rotatable bonds is 3. The second-order valence-electron chi connectivity index (χ2n) is 5.01. The number of aromatic nitrogens is 3. The van der Waals surface area contributed by atoms with E-state index in [0.717, 1.165) is 35.9 Å². The van der Waals surface area contributed by atoms with Gasteiger partial charge in [-0.3, -0.25) is 0 Å². The molecule has 2 atom stereocenters. The van der Waals surface area contributed by atoms with Crippen LogP contribution in [0.5, 0.6) is 0 Å². The van der Waals surface area contributed by atoms with E-state index in [4.69, 9.17) is 13.8 Å². The summed E-state index contributed by atoms with van der Waals surface area (Å²) in [6.07, 6.45) is 0.957. The summed E-state index contributed by atoms with van der Waals surface area (Å²) in [5, 5.41) is 8.03. The molecule has 1 fully saturated rings. The molecule has 0 aromatic carbocycles. The molecule has 1 saturated heterocycles. The third-order valence-electron chi connectivity index (χ3n) is 3.64. The highest BCUT2D eigenvalue weighted by atomic mass is 16.5. The summed E-state index contributed by atoms with van der Waals surface area (Å²) in [5.41, 5.74) is 1.90. The maximum Gasteiger partial charge on any atom is 0.234 e. The van der Waals surface area contributed by atoms with Crippen molar-refractivity contribution in [2.45, 2.75) is 39.0 Å². The fourth-order valence-electron chi connectivity index (χ4n) is 2.56. The minimum Gasteiger partial charge on any atom is -0.381 e. The molecule has 2 aromatic rings. The van der Waals surface area contributed by atoms with Gasteiger partial charge in [0.25, 0.3) is 0 Å². The molecule has 0 aliphatic carbocycles. The highest BCUT2D eigenvalue weighted by Crippen LogP contribution is 2.30. The third-order valence-corrected chi connectivity index (χ3v) is 3.64. The Balaban J connectivity index is 1.86. The van der Waals surface area contributed by atoms with Crippen LogP contribution in [-0.2, 0) is 4.74 Å². The van der Waals surface area contributed by atoms with Crippen LogP contribution in [0.1, 0.15) is 53.9 Å². The Labute approximate surface area is 111 Å². The van der Waals surface area contributed by atoms with E-state index >= 15 is 0 Å². The van der Waals surface area contributed by atoms with Crippen molar-refractivity contribution in [1.29, 1.82) is 0 Å². The average Bonchev–Trinajstić information content (AvgIpc) is 3.09. The molecular weight excluding hydrogens is 246 g/mol. The Kier molecular flexibility index (Phi) is 3.10. The predicted octanol–water partition coefficient (Wildman–Crippen LogP) is 2.33. The number of nitrogens with zero attached hydrogens (tertiary/aromatic N) is 3. The Bertz CT molecular complexity index is 550. The molecule has 19 heavy (non-hydrogen) atoms. The minimum absolute atomic E-state index is 0.00479. The highest BCUT2D eigenvalue weighted by Gasteiger charge is 2.27. The molecule has 6 nitrogen and oxygen atoms in total. The second-order valence-corrected chi connectivity index (χ2v) is 5.01. The van der Waals surface area contributed by atoms with E-state index in [2.05, 4.69) is 15.3 Å². The number of aryl methyl sites for hydroxylation is 2. The SMILES string of the molecule is Cc1noc(C)c1[C@H](C)c1nc([C@H]2CCOC2)no1. The van der Waals surface area contributed by atoms with Crippen molar-refractivity contribution in [2.24, 2.45) is 0 Å². The lowest BCUT2D eigenvalue weighted by Gasteiger charge is -2.05. The molecule has 0 amide bonds. The zero-order valence-electron chi connectivity index (χ0n) is 11.3. The molecule has 1 aliphatic rings. The van der Waals surface area contributed by atoms with Crippen molar-refractivity contribution < 1.29 is 13.8 Å². The van der Waals surface area contributed by atoms with Gasteiger partial charge in [0.05, 0.1) is 18.2 Å². The van der Waals surface area contributed by atoms with Crippen LogP contribution in [0.3, 0.4) is 0 Å². The van der Waals surface area contributed by atoms with Gasteiger partial charge in [-0.15, -0.1) is 0 Å². The summed E-state index contributed by atoms with van der Waals surface area (Å²) in [4.78, 5) is 4.50. The summed E-state index contributed by atoms with van der Waals surface area (Å²) < 4.78 is 15.9. The molecule has 6 heteroatoms. The van der Waals surface area contributed by atoms with Crippen LogP contribution in [0.2, 0.25) is 0 Å². The molecule has 3 heterocycles. The Morgan fingerprint density at radius 2 is 2.05 bits per heavy atom. The maximum absolute atomic E-state index is 5.39. The largest absolute Gasteiger partial charge is 0.381 e. The van der Waals surface area contributed by atoms with Crippen LogP contribution in [0.15, 0.2) is 9.05 Å². The highest BCUT2D eigenvalue weighted by molar-refractivity contribution is 5.29. The smallest absolute Gasteiger partial charge is 0.234 e. The van der Waals surface area contributed by atoms with Crippen LogP contribution in [0.25, 0.3) is 0 Å². The van der Waals surface area contributed by atoms with E-state index < -0.39 is 0 Å². The van der Waals surface area contributed by atoms with Crippen molar-refractivity contribution in [3.8, 4) is 0 Å². The first kappa shape index (κ1) is 12.3. The van der Waals surface area contributed by atoms with Crippen molar-refractivity contribution >= 4 is 0 Å². The normalized spacial score (nSPS) is 20.9. The van der Waals surface area contributed by atoms with Crippen molar-refractivity contribution in [2.75, 3.05) is 13.2 Å². The summed E-state index contributed by atoms with van der Waals surface area (Å²) in [5.74, 6) is 2.40. The van der Waals surface area contributed by atoms with Gasteiger partial charge in [-0.25, -0.2) is 0 Å². The van der Waals surface area contributed by atoms with Gasteiger partial charge in [0, 0.05) is 18.1 Å². The Morgan fingerprint density at radius 3 is 2.68 bits per heavy atom. The van der Waals surface area contributed by atoms with Crippen LogP contribution in [0.4, 0.5) is 0 Å². The predicted molar refractivity (Wildman–Crippen MR) is 66.0 cm³/mol. The Hall–Kier alpha value is -1.69. The summed E-state index contributed by atoms with van der Waals surface area (Å²) in [6, 6.07) is 0. The number of hydrogen-bond donors (Lipinski definition) is 0. The zero-order chi connectivity index (χ0) is 13.4. The lowest BCUT2D eigenvalue weighted by molar-refractivity contribution is 0.192. The fourth-order valence-corrected chi connectivity index (χ4v) is 2.56. The fraction of sp³-hybridized carbons (Fsp3) is 0.615. The summed E-state index contributed by atoms with van der Waals surface area (Å²) in [7, 11) is 0. The molecule has 2 aromatic heterocycles. The van der Waals surface area contributed by atoms with Gasteiger partial charge in [0.15, 0.2) is 5.82 Å². The monoisotopic (exact) mass is 263 g/mol. The van der Waals surface area contributed by atoms with E-state index in [1.807, 2.05) is 20.8 Å². The first-order valence-corrected chi connectivity index (χ1v) is 6.51. The molecule has 0 bridgehead atoms. The number of hydrogen-bond acceptors (Lipinski definition) is 6. The molecule has 1 aliphatic heterocycles. The van der Waals surface area contributed by atoms with E-state index in [1.165, 1.54) is 0 Å². The maximum atomic E-state index is 5.39. The third kappa shape index (κ3) is 2.16. The lowest BCUT2D eigenvalue weighted by Crippen LogP contribution is -2.02. The molecule has 3 rings (SSSR count). The second kappa shape index (κ2) is 4.77. The lowest BCUT2D eigenvalue weighted by atomic mass is 9.99. The van der Waals surface area contributed by atoms with Crippen LogP contribution >= 0.6 is 0 Å². The van der Waals surface area contributed by atoms with Crippen LogP contribution in [0, 0.1) is 13.8 Å². The van der Waals surface area contributed by atoms with Gasteiger partial charge < -0.3 is 13.8 Å². The molecule has 0 saturated carbocycles. The zero-order valence-corrected chi connectivity index (χ0v) is 11.3. The van der Waals surface area contributed by atoms with Gasteiger partial charge in [0.1, 0.15) is 5.76 Å². The van der Waals surface area contributed by atoms with Gasteiger partial charge in [-0.1, -0.05) is 10.3 Å². The van der Waals surface area contributed by atoms with Crippen LogP contribution in [-0.4, -0.2) is 28.5 Å². The molecule has 0 radical (unpaired) electrons. The standard InChI is InChI=1S/C13H17N3O3/c1-7(11-8(2)15-18-9(11)3)13-14-12(16-19-13)10-4-5-17-6-10/h7,10H,4-6H2,1-3H3/t7-,10-/m0/s1. The van der Waals surface area contributed by atoms with E-state index in [1.54, 1.807) is 0 Å². The van der Waals surface area contributed by atoms with Crippen LogP contribution < -0.4 is 0 Å². The first-order valence-electron chi connectivity index (χ1n) is 6.51. The average molecular weight is 263 g/mol. The molecule has 0 unspecified atom stereocenters. The van der Waals surface area contributed by atoms with Gasteiger partial charge in [-0.05, 0) is 27.2 Å². The summed E-state index contributed by atoms with van der Waals surface area (Å²) >= 11 is 0. The molecule has 0 N–H and O–H groups in total.